The van der Waals surface area contributed by atoms with Crippen LogP contribution in [0.1, 0.15) is 29.9 Å². The Labute approximate surface area is 105 Å². The molecule has 98 valence electrons. The van der Waals surface area contributed by atoms with Gasteiger partial charge in [-0.05, 0) is 31.2 Å². The number of hydrogen-bond donors (Lipinski definition) is 2. The molecule has 2 atom stereocenters. The van der Waals surface area contributed by atoms with E-state index in [9.17, 15) is 9.90 Å². The smallest absolute Gasteiger partial charge is 0.376 e. The van der Waals surface area contributed by atoms with Crippen LogP contribution in [-0.2, 0) is 4.74 Å². The van der Waals surface area contributed by atoms with Gasteiger partial charge in [-0.15, -0.1) is 0 Å². The third-order valence-corrected chi connectivity index (χ3v) is 3.11. The summed E-state index contributed by atoms with van der Waals surface area (Å²) in [5.74, 6) is 0.562. The summed E-state index contributed by atoms with van der Waals surface area (Å²) in [6.07, 6.45) is 4.05. The normalized spacial score (nSPS) is 22.8. The first-order chi connectivity index (χ1) is 8.69. The van der Waals surface area contributed by atoms with Crippen LogP contribution in [0.4, 0.5) is 5.82 Å². The molecule has 0 bridgehead atoms. The molecular weight excluding hydrogens is 234 g/mol. The lowest BCUT2D eigenvalue weighted by molar-refractivity contribution is 0.0587. The van der Waals surface area contributed by atoms with Gasteiger partial charge in [0.25, 0.3) is 0 Å². The minimum absolute atomic E-state index is 0.0500. The van der Waals surface area contributed by atoms with E-state index in [0.717, 1.165) is 25.8 Å². The highest BCUT2D eigenvalue weighted by Gasteiger charge is 2.22. The number of hydrogen-bond acceptors (Lipinski definition) is 6. The molecule has 1 aromatic rings. The first-order valence-corrected chi connectivity index (χ1v) is 6.02. The average Bonchev–Trinajstić information content (AvgIpc) is 2.81. The average molecular weight is 251 g/mol. The van der Waals surface area contributed by atoms with E-state index in [4.69, 9.17) is 0 Å². The van der Waals surface area contributed by atoms with Gasteiger partial charge in [-0.3, -0.25) is 0 Å². The van der Waals surface area contributed by atoms with Crippen molar-refractivity contribution in [2.24, 2.45) is 5.92 Å². The molecular formula is C12H17N3O3. The predicted octanol–water partition coefficient (Wildman–Crippen LogP) is 0.836. The van der Waals surface area contributed by atoms with Gasteiger partial charge in [0, 0.05) is 12.7 Å². The largest absolute Gasteiger partial charge is 0.463 e. The van der Waals surface area contributed by atoms with E-state index in [1.54, 1.807) is 6.07 Å². The fourth-order valence-electron chi connectivity index (χ4n) is 2.13. The molecule has 2 rings (SSSR count). The second-order valence-corrected chi connectivity index (χ2v) is 4.47. The topological polar surface area (TPSA) is 84.3 Å². The number of aromatic nitrogens is 2. The van der Waals surface area contributed by atoms with Crippen LogP contribution in [0, 0.1) is 5.92 Å². The van der Waals surface area contributed by atoms with Crippen LogP contribution >= 0.6 is 0 Å². The Morgan fingerprint density at radius 3 is 3.11 bits per heavy atom. The van der Waals surface area contributed by atoms with Gasteiger partial charge in [0.15, 0.2) is 0 Å². The quantitative estimate of drug-likeness (QED) is 0.771. The van der Waals surface area contributed by atoms with Crippen LogP contribution in [0.3, 0.4) is 0 Å². The molecule has 1 aliphatic carbocycles. The molecule has 0 aliphatic heterocycles. The fourth-order valence-corrected chi connectivity index (χ4v) is 2.13. The van der Waals surface area contributed by atoms with Gasteiger partial charge < -0.3 is 15.2 Å². The Balaban J connectivity index is 1.91. The number of rotatable bonds is 4. The molecule has 2 N–H and O–H groups in total. The maximum Gasteiger partial charge on any atom is 0.376 e. The summed E-state index contributed by atoms with van der Waals surface area (Å²) in [5, 5.41) is 12.6. The van der Waals surface area contributed by atoms with E-state index in [0.29, 0.717) is 11.7 Å². The van der Waals surface area contributed by atoms with Crippen molar-refractivity contribution in [1.82, 2.24) is 9.97 Å². The molecule has 1 aromatic heterocycles. The maximum atomic E-state index is 11.3. The zero-order chi connectivity index (χ0) is 13.0. The Bertz CT molecular complexity index is 425. The van der Waals surface area contributed by atoms with Gasteiger partial charge in [0.05, 0.1) is 13.2 Å². The summed E-state index contributed by atoms with van der Waals surface area (Å²) < 4.78 is 4.56. The molecule has 0 amide bonds. The number of carbonyl (C=O) groups is 1. The number of methoxy groups -OCH3 is 1. The standard InChI is InChI=1S/C12H17N3O3/c1-18-12(17)11-13-5-4-10(15-11)14-7-8-2-3-9(16)6-8/h4-5,8-9,16H,2-3,6-7H2,1H3,(H,13,14,15). The molecule has 6 nitrogen and oxygen atoms in total. The van der Waals surface area contributed by atoms with E-state index >= 15 is 0 Å². The lowest BCUT2D eigenvalue weighted by Crippen LogP contribution is -2.15. The highest BCUT2D eigenvalue weighted by atomic mass is 16.5. The van der Waals surface area contributed by atoms with E-state index in [2.05, 4.69) is 20.0 Å². The van der Waals surface area contributed by atoms with E-state index in [-0.39, 0.29) is 11.9 Å². The molecule has 0 saturated heterocycles. The molecule has 1 fully saturated rings. The number of nitrogens with zero attached hydrogens (tertiary/aromatic N) is 2. The molecule has 1 heterocycles. The Morgan fingerprint density at radius 2 is 2.44 bits per heavy atom. The number of esters is 1. The zero-order valence-electron chi connectivity index (χ0n) is 10.3. The van der Waals surface area contributed by atoms with Gasteiger partial charge in [-0.1, -0.05) is 0 Å². The van der Waals surface area contributed by atoms with Crippen molar-refractivity contribution >= 4 is 11.8 Å². The Kier molecular flexibility index (Phi) is 4.09. The maximum absolute atomic E-state index is 11.3. The van der Waals surface area contributed by atoms with Crippen LogP contribution < -0.4 is 5.32 Å². The second kappa shape index (κ2) is 5.77. The van der Waals surface area contributed by atoms with Crippen molar-refractivity contribution in [1.29, 1.82) is 0 Å². The number of anilines is 1. The minimum atomic E-state index is -0.546. The van der Waals surface area contributed by atoms with Crippen molar-refractivity contribution in [2.45, 2.75) is 25.4 Å². The minimum Gasteiger partial charge on any atom is -0.463 e. The number of aliphatic hydroxyl groups is 1. The Hall–Kier alpha value is -1.69. The Morgan fingerprint density at radius 1 is 1.61 bits per heavy atom. The van der Waals surface area contributed by atoms with Gasteiger partial charge in [0.1, 0.15) is 5.82 Å². The van der Waals surface area contributed by atoms with Crippen molar-refractivity contribution in [3.8, 4) is 0 Å². The zero-order valence-corrected chi connectivity index (χ0v) is 10.3. The van der Waals surface area contributed by atoms with Crippen molar-refractivity contribution < 1.29 is 14.6 Å². The van der Waals surface area contributed by atoms with Gasteiger partial charge in [-0.25, -0.2) is 14.8 Å². The van der Waals surface area contributed by atoms with Crippen LogP contribution in [0.15, 0.2) is 12.3 Å². The number of carbonyl (C=O) groups excluding carboxylic acids is 1. The summed E-state index contributed by atoms with van der Waals surface area (Å²) in [6, 6.07) is 1.71. The van der Waals surface area contributed by atoms with E-state index < -0.39 is 5.97 Å². The van der Waals surface area contributed by atoms with Crippen LogP contribution in [0.2, 0.25) is 0 Å². The van der Waals surface area contributed by atoms with Crippen LogP contribution in [-0.4, -0.2) is 40.8 Å². The molecule has 1 saturated carbocycles. The van der Waals surface area contributed by atoms with Gasteiger partial charge in [-0.2, -0.15) is 0 Å². The third-order valence-electron chi connectivity index (χ3n) is 3.11. The van der Waals surface area contributed by atoms with Crippen molar-refractivity contribution in [2.75, 3.05) is 19.0 Å². The molecule has 0 radical (unpaired) electrons. The van der Waals surface area contributed by atoms with Gasteiger partial charge in [0.2, 0.25) is 5.82 Å². The van der Waals surface area contributed by atoms with E-state index in [1.165, 1.54) is 13.3 Å². The molecule has 0 spiro atoms. The van der Waals surface area contributed by atoms with Crippen LogP contribution in [0.5, 0.6) is 0 Å². The van der Waals surface area contributed by atoms with Crippen LogP contribution in [0.25, 0.3) is 0 Å². The fraction of sp³-hybridized carbons (Fsp3) is 0.583. The van der Waals surface area contributed by atoms with E-state index in [1.807, 2.05) is 0 Å². The number of aliphatic hydroxyl groups excluding tert-OH is 1. The number of ether oxygens (including phenoxy) is 1. The molecule has 1 aliphatic rings. The molecule has 2 unspecified atom stereocenters. The van der Waals surface area contributed by atoms with Crippen molar-refractivity contribution in [3.05, 3.63) is 18.1 Å². The lowest BCUT2D eigenvalue weighted by atomic mass is 10.1. The number of nitrogens with one attached hydrogen (secondary N) is 1. The summed E-state index contributed by atoms with van der Waals surface area (Å²) in [6.45, 7) is 0.745. The summed E-state index contributed by atoms with van der Waals surface area (Å²) in [7, 11) is 1.30. The monoisotopic (exact) mass is 251 g/mol. The molecule has 18 heavy (non-hydrogen) atoms. The van der Waals surface area contributed by atoms with Gasteiger partial charge >= 0.3 is 5.97 Å². The highest BCUT2D eigenvalue weighted by molar-refractivity contribution is 5.85. The summed E-state index contributed by atoms with van der Waals surface area (Å²) in [5.41, 5.74) is 0. The lowest BCUT2D eigenvalue weighted by Gasteiger charge is -2.11. The second-order valence-electron chi connectivity index (χ2n) is 4.47. The molecule has 0 aromatic carbocycles. The summed E-state index contributed by atoms with van der Waals surface area (Å²) >= 11 is 0. The first-order valence-electron chi connectivity index (χ1n) is 6.02. The summed E-state index contributed by atoms with van der Waals surface area (Å²) in [4.78, 5) is 19.2. The highest BCUT2D eigenvalue weighted by Crippen LogP contribution is 2.25. The third kappa shape index (κ3) is 3.16. The molecule has 6 heteroatoms. The van der Waals surface area contributed by atoms with Crippen molar-refractivity contribution in [3.63, 3.8) is 0 Å². The predicted molar refractivity (Wildman–Crippen MR) is 65.2 cm³/mol. The SMILES string of the molecule is COC(=O)c1nccc(NCC2CCC(O)C2)n1. The first kappa shape index (κ1) is 12.8.